The van der Waals surface area contributed by atoms with Crippen molar-refractivity contribution in [2.45, 2.75) is 103 Å². The first-order valence-electron chi connectivity index (χ1n) is 21.6. The van der Waals surface area contributed by atoms with Crippen molar-refractivity contribution in [2.24, 2.45) is 5.41 Å². The minimum Gasteiger partial charge on any atom is -0.491 e. The highest BCUT2D eigenvalue weighted by Gasteiger charge is 2.51. The molecule has 0 spiro atoms. The lowest BCUT2D eigenvalue weighted by Gasteiger charge is -2.36. The Bertz CT molecular complexity index is 2310. The van der Waals surface area contributed by atoms with Gasteiger partial charge in [-0.3, -0.25) is 24.1 Å². The lowest BCUT2D eigenvalue weighted by molar-refractivity contribution is -0.144. The van der Waals surface area contributed by atoms with Crippen LogP contribution in [0.4, 0.5) is 24.5 Å². The summed E-state index contributed by atoms with van der Waals surface area (Å²) in [7, 11) is 1.67. The monoisotopic (exact) mass is 919 g/mol. The fraction of sp³-hybridized carbons (Fsp3) is 0.489. The van der Waals surface area contributed by atoms with Gasteiger partial charge in [0.2, 0.25) is 17.7 Å². The van der Waals surface area contributed by atoms with Crippen LogP contribution in [0.1, 0.15) is 82.7 Å². The third-order valence-corrected chi connectivity index (χ3v) is 12.4. The number of thiocarbonyl (C=S) groups is 1. The molecule has 0 saturated carbocycles. The van der Waals surface area contributed by atoms with Crippen LogP contribution in [0.25, 0.3) is 0 Å². The number of nitrogens with zero attached hydrogens (tertiary/aromatic N) is 4. The largest absolute Gasteiger partial charge is 0.491 e. The molecule has 3 aromatic carbocycles. The zero-order valence-electron chi connectivity index (χ0n) is 37.6. The second-order valence-electron chi connectivity index (χ2n) is 17.9. The zero-order valence-corrected chi connectivity index (χ0v) is 38.4. The molecule has 0 radical (unpaired) electrons. The van der Waals surface area contributed by atoms with Crippen molar-refractivity contribution in [3.05, 3.63) is 89.0 Å². The standard InChI is InChI=1S/C47H56F3N7O7S/c1-28(52-7)40(58)54-39(45(2,3)4)42(60)55-20-10-13-36(55)41(59)53-38-34-12-9-8-11-29(34)25-37(38)64-24-22-62-21-23-63-33-18-16-31(17-19-33)57-44(65)56(43(61)46(57,5)6)32-15-14-30(27-51)35(26-32)47(48,49)50/h8-9,11-12,14-19,26,28,36-39,52H,10,13,20-25H2,1-7H3,(H,53,59)(H,54,58)/t28-,36-,37+,38-,39+/m0/s1. The van der Waals surface area contributed by atoms with Crippen molar-refractivity contribution >= 4 is 52.3 Å². The number of ether oxygens (including phenoxy) is 3. The zero-order chi connectivity index (χ0) is 47.4. The Balaban J connectivity index is 0.996. The molecule has 2 saturated heterocycles. The molecule has 1 aliphatic carbocycles. The maximum atomic E-state index is 14.0. The van der Waals surface area contributed by atoms with Gasteiger partial charge < -0.3 is 40.0 Å². The van der Waals surface area contributed by atoms with Crippen molar-refractivity contribution in [1.29, 1.82) is 5.26 Å². The van der Waals surface area contributed by atoms with Crippen LogP contribution >= 0.6 is 12.2 Å². The maximum absolute atomic E-state index is 14.0. The van der Waals surface area contributed by atoms with Crippen molar-refractivity contribution in [3.8, 4) is 11.8 Å². The maximum Gasteiger partial charge on any atom is 0.417 e. The normalized spacial score (nSPS) is 20.3. The van der Waals surface area contributed by atoms with E-state index in [-0.39, 0.29) is 61.1 Å². The molecule has 2 heterocycles. The fourth-order valence-electron chi connectivity index (χ4n) is 8.38. The first-order valence-corrected chi connectivity index (χ1v) is 22.0. The van der Waals surface area contributed by atoms with Crippen molar-refractivity contribution in [2.75, 3.05) is 49.8 Å². The van der Waals surface area contributed by atoms with E-state index in [0.717, 1.165) is 28.2 Å². The van der Waals surface area contributed by atoms with E-state index in [2.05, 4.69) is 16.0 Å². The fourth-order valence-corrected chi connectivity index (χ4v) is 8.90. The van der Waals surface area contributed by atoms with E-state index in [9.17, 15) is 37.6 Å². The number of anilines is 2. The van der Waals surface area contributed by atoms with Crippen LogP contribution in [0.15, 0.2) is 66.7 Å². The van der Waals surface area contributed by atoms with Crippen molar-refractivity contribution in [1.82, 2.24) is 20.9 Å². The third kappa shape index (κ3) is 10.6. The average Bonchev–Trinajstić information content (AvgIpc) is 3.94. The van der Waals surface area contributed by atoms with E-state index >= 15 is 0 Å². The SMILES string of the molecule is CN[C@@H](C)C(=O)N[C@H](C(=O)N1CCC[C@H]1C(=O)N[C@H]1c2ccccc2C[C@H]1OCCOCCOc1ccc(N2C(=S)N(c3ccc(C#N)c(C(F)(F)F)c3)C(=O)C2(C)C)cc1)C(C)(C)C. The van der Waals surface area contributed by atoms with Crippen LogP contribution in [0.2, 0.25) is 0 Å². The Hall–Kier alpha value is -5.61. The van der Waals surface area contributed by atoms with Gasteiger partial charge in [0.1, 0.15) is 30.0 Å². The first-order chi connectivity index (χ1) is 30.7. The number of nitriles is 1. The number of rotatable bonds is 16. The van der Waals surface area contributed by atoms with E-state index in [1.165, 1.54) is 6.07 Å². The van der Waals surface area contributed by atoms with E-state index < -0.39 is 58.3 Å². The number of alkyl halides is 3. The Labute approximate surface area is 382 Å². The summed E-state index contributed by atoms with van der Waals surface area (Å²) < 4.78 is 59.2. The molecule has 3 aromatic rings. The Morgan fingerprint density at radius 2 is 1.66 bits per heavy atom. The van der Waals surface area contributed by atoms with Gasteiger partial charge in [-0.05, 0) is 112 Å². The smallest absolute Gasteiger partial charge is 0.417 e. The number of fused-ring (bicyclic) bond motifs is 1. The Kier molecular flexibility index (Phi) is 14.9. The lowest BCUT2D eigenvalue weighted by Crippen LogP contribution is -2.59. The van der Waals surface area contributed by atoms with Crippen LogP contribution in [0.3, 0.4) is 0 Å². The molecule has 3 aliphatic rings. The second-order valence-corrected chi connectivity index (χ2v) is 18.3. The summed E-state index contributed by atoms with van der Waals surface area (Å²) in [6, 6.07) is 16.7. The van der Waals surface area contributed by atoms with Gasteiger partial charge in [0.25, 0.3) is 5.91 Å². The molecule has 0 aromatic heterocycles. The van der Waals surface area contributed by atoms with Gasteiger partial charge in [-0.1, -0.05) is 45.0 Å². The van der Waals surface area contributed by atoms with E-state index in [1.54, 1.807) is 68.0 Å². The Morgan fingerprint density at radius 1 is 0.985 bits per heavy atom. The number of hydrogen-bond donors (Lipinski definition) is 3. The van der Waals surface area contributed by atoms with Crippen molar-refractivity contribution in [3.63, 3.8) is 0 Å². The number of carbonyl (C=O) groups is 4. The van der Waals surface area contributed by atoms with Gasteiger partial charge in [-0.2, -0.15) is 18.4 Å². The summed E-state index contributed by atoms with van der Waals surface area (Å²) in [6.07, 6.45) is -3.45. The van der Waals surface area contributed by atoms with Gasteiger partial charge in [0, 0.05) is 18.7 Å². The van der Waals surface area contributed by atoms with Gasteiger partial charge in [0.05, 0.1) is 60.9 Å². The number of carbonyl (C=O) groups excluding carboxylic acids is 4. The molecule has 0 unspecified atom stereocenters. The number of likely N-dealkylation sites (N-methyl/N-ethyl adjacent to an activating group) is 1. The van der Waals surface area contributed by atoms with Crippen LogP contribution in [-0.2, 0) is 41.2 Å². The van der Waals surface area contributed by atoms with Crippen LogP contribution in [0, 0.1) is 16.7 Å². The van der Waals surface area contributed by atoms with Gasteiger partial charge in [-0.25, -0.2) is 0 Å². The molecule has 348 valence electrons. The van der Waals surface area contributed by atoms with Crippen molar-refractivity contribution < 1.29 is 46.6 Å². The van der Waals surface area contributed by atoms with Crippen LogP contribution in [-0.4, -0.2) is 103 Å². The van der Waals surface area contributed by atoms with Gasteiger partial charge in [-0.15, -0.1) is 0 Å². The number of hydrogen-bond acceptors (Lipinski definition) is 10. The van der Waals surface area contributed by atoms with Gasteiger partial charge >= 0.3 is 6.18 Å². The number of likely N-dealkylation sites (tertiary alicyclic amines) is 1. The minimum absolute atomic E-state index is 0.0162. The molecule has 14 nitrogen and oxygen atoms in total. The summed E-state index contributed by atoms with van der Waals surface area (Å²) in [6.45, 7) is 12.0. The van der Waals surface area contributed by atoms with E-state index in [0.29, 0.717) is 37.2 Å². The number of amides is 4. The number of benzene rings is 3. The molecule has 0 bridgehead atoms. The second kappa shape index (κ2) is 19.9. The molecule has 2 fully saturated rings. The highest BCUT2D eigenvalue weighted by Crippen LogP contribution is 2.40. The molecule has 4 amide bonds. The highest BCUT2D eigenvalue weighted by molar-refractivity contribution is 7.81. The lowest BCUT2D eigenvalue weighted by atomic mass is 9.85. The molecule has 5 atom stereocenters. The van der Waals surface area contributed by atoms with E-state index in [4.69, 9.17) is 26.4 Å². The molecular weight excluding hydrogens is 864 g/mol. The van der Waals surface area contributed by atoms with Crippen LogP contribution in [0.5, 0.6) is 5.75 Å². The summed E-state index contributed by atoms with van der Waals surface area (Å²) in [5, 5.41) is 18.2. The molecule has 2 aliphatic heterocycles. The quantitative estimate of drug-likeness (QED) is 0.117. The molecular formula is C47H56F3N7O7S. The minimum atomic E-state index is -4.81. The summed E-state index contributed by atoms with van der Waals surface area (Å²) in [5.74, 6) is -0.882. The van der Waals surface area contributed by atoms with E-state index in [1.807, 2.05) is 45.0 Å². The highest BCUT2D eigenvalue weighted by atomic mass is 32.1. The topological polar surface area (TPSA) is 166 Å². The summed E-state index contributed by atoms with van der Waals surface area (Å²) in [4.78, 5) is 58.6. The average molecular weight is 920 g/mol. The molecule has 65 heavy (non-hydrogen) atoms. The number of nitrogens with one attached hydrogen (secondary N) is 3. The molecule has 6 rings (SSSR count). The predicted molar refractivity (Wildman–Crippen MR) is 241 cm³/mol. The summed E-state index contributed by atoms with van der Waals surface area (Å²) >= 11 is 5.64. The predicted octanol–water partition coefficient (Wildman–Crippen LogP) is 5.82. The van der Waals surface area contributed by atoms with Gasteiger partial charge in [0.15, 0.2) is 5.11 Å². The first kappa shape index (κ1) is 48.8. The molecule has 18 heteroatoms. The molecule has 3 N–H and O–H groups in total. The third-order valence-electron chi connectivity index (χ3n) is 12.1. The summed E-state index contributed by atoms with van der Waals surface area (Å²) in [5.41, 5.74) is -1.12. The Morgan fingerprint density at radius 3 is 2.32 bits per heavy atom. The van der Waals surface area contributed by atoms with Crippen LogP contribution < -0.4 is 30.5 Å². The number of halogens is 3.